The Morgan fingerprint density at radius 2 is 1.76 bits per heavy atom. The second-order valence-electron chi connectivity index (χ2n) is 4.56. The number of nitrogens with one attached hydrogen (secondary N) is 1. The third-order valence-electron chi connectivity index (χ3n) is 1.80. The summed E-state index contributed by atoms with van der Waals surface area (Å²) in [5.74, 6) is 0.153. The van der Waals surface area contributed by atoms with Crippen LogP contribution in [0, 0.1) is 0 Å². The SMILES string of the molecule is CC(C)(C)ONCc1ccc(OC(F)F)cc1. The van der Waals surface area contributed by atoms with Gasteiger partial charge in [-0.2, -0.15) is 14.3 Å². The van der Waals surface area contributed by atoms with Crippen LogP contribution in [-0.4, -0.2) is 12.2 Å². The van der Waals surface area contributed by atoms with Gasteiger partial charge in [0.25, 0.3) is 0 Å². The minimum atomic E-state index is -2.79. The number of halogens is 2. The Labute approximate surface area is 99.7 Å². The largest absolute Gasteiger partial charge is 0.435 e. The van der Waals surface area contributed by atoms with E-state index in [1.165, 1.54) is 12.1 Å². The van der Waals surface area contributed by atoms with Crippen LogP contribution in [-0.2, 0) is 11.4 Å². The van der Waals surface area contributed by atoms with Crippen LogP contribution in [0.15, 0.2) is 24.3 Å². The fourth-order valence-electron chi connectivity index (χ4n) is 1.12. The first-order chi connectivity index (χ1) is 7.87. The number of alkyl halides is 2. The van der Waals surface area contributed by atoms with Gasteiger partial charge in [0.2, 0.25) is 0 Å². The van der Waals surface area contributed by atoms with Gasteiger partial charge in [0.1, 0.15) is 5.75 Å². The average molecular weight is 245 g/mol. The number of ether oxygens (including phenoxy) is 1. The standard InChI is InChI=1S/C12H17F2NO2/c1-12(2,3)17-15-8-9-4-6-10(7-5-9)16-11(13)14/h4-7,11,15H,8H2,1-3H3. The average Bonchev–Trinajstić information content (AvgIpc) is 2.18. The maximum atomic E-state index is 11.9. The molecule has 0 unspecified atom stereocenters. The zero-order valence-electron chi connectivity index (χ0n) is 10.2. The Kier molecular flexibility index (Phi) is 4.84. The molecule has 17 heavy (non-hydrogen) atoms. The van der Waals surface area contributed by atoms with Gasteiger partial charge in [-0.15, -0.1) is 0 Å². The highest BCUT2D eigenvalue weighted by molar-refractivity contribution is 5.27. The van der Waals surface area contributed by atoms with Crippen LogP contribution < -0.4 is 10.2 Å². The van der Waals surface area contributed by atoms with Crippen LogP contribution >= 0.6 is 0 Å². The molecule has 0 saturated carbocycles. The Bertz CT molecular complexity index is 333. The summed E-state index contributed by atoms with van der Waals surface area (Å²) in [6.45, 7) is 3.51. The highest BCUT2D eigenvalue weighted by atomic mass is 19.3. The zero-order chi connectivity index (χ0) is 12.9. The van der Waals surface area contributed by atoms with Crippen molar-refractivity contribution in [3.8, 4) is 5.75 Å². The molecule has 0 spiro atoms. The van der Waals surface area contributed by atoms with Crippen molar-refractivity contribution in [1.82, 2.24) is 5.48 Å². The molecule has 0 heterocycles. The Hall–Kier alpha value is -1.20. The minimum absolute atomic E-state index is 0.153. The summed E-state index contributed by atoms with van der Waals surface area (Å²) in [4.78, 5) is 5.33. The molecule has 0 bridgehead atoms. The number of hydroxylamine groups is 1. The van der Waals surface area contributed by atoms with Crippen molar-refractivity contribution in [2.24, 2.45) is 0 Å². The number of hydrogen-bond donors (Lipinski definition) is 1. The molecule has 1 aromatic carbocycles. The highest BCUT2D eigenvalue weighted by Crippen LogP contribution is 2.15. The predicted octanol–water partition coefficient (Wildman–Crippen LogP) is 3.11. The maximum Gasteiger partial charge on any atom is 0.387 e. The molecule has 0 atom stereocenters. The fourth-order valence-corrected chi connectivity index (χ4v) is 1.12. The van der Waals surface area contributed by atoms with Crippen molar-refractivity contribution in [2.75, 3.05) is 0 Å². The number of benzene rings is 1. The van der Waals surface area contributed by atoms with Crippen molar-refractivity contribution >= 4 is 0 Å². The van der Waals surface area contributed by atoms with E-state index in [4.69, 9.17) is 4.84 Å². The van der Waals surface area contributed by atoms with Crippen LogP contribution in [0.3, 0.4) is 0 Å². The van der Waals surface area contributed by atoms with Gasteiger partial charge in [0.15, 0.2) is 0 Å². The second kappa shape index (κ2) is 5.93. The van der Waals surface area contributed by atoms with Crippen LogP contribution in [0.4, 0.5) is 8.78 Å². The Morgan fingerprint density at radius 3 is 2.24 bits per heavy atom. The molecule has 0 aliphatic rings. The molecule has 0 aliphatic carbocycles. The lowest BCUT2D eigenvalue weighted by Gasteiger charge is -2.19. The molecule has 0 aliphatic heterocycles. The summed E-state index contributed by atoms with van der Waals surface area (Å²) < 4.78 is 28.0. The minimum Gasteiger partial charge on any atom is -0.435 e. The topological polar surface area (TPSA) is 30.5 Å². The highest BCUT2D eigenvalue weighted by Gasteiger charge is 2.09. The molecule has 5 heteroatoms. The van der Waals surface area contributed by atoms with E-state index in [-0.39, 0.29) is 11.4 Å². The first-order valence-corrected chi connectivity index (χ1v) is 5.31. The van der Waals surface area contributed by atoms with E-state index in [0.29, 0.717) is 6.54 Å². The fraction of sp³-hybridized carbons (Fsp3) is 0.500. The molecule has 1 aromatic rings. The first kappa shape index (κ1) is 13.9. The van der Waals surface area contributed by atoms with E-state index >= 15 is 0 Å². The van der Waals surface area contributed by atoms with Gasteiger partial charge in [0, 0.05) is 6.54 Å². The zero-order valence-corrected chi connectivity index (χ0v) is 10.2. The third kappa shape index (κ3) is 6.19. The van der Waals surface area contributed by atoms with E-state index in [9.17, 15) is 8.78 Å². The smallest absolute Gasteiger partial charge is 0.387 e. The molecule has 3 nitrogen and oxygen atoms in total. The van der Waals surface area contributed by atoms with Crippen molar-refractivity contribution < 1.29 is 18.4 Å². The van der Waals surface area contributed by atoms with Gasteiger partial charge in [-0.3, -0.25) is 4.84 Å². The first-order valence-electron chi connectivity index (χ1n) is 5.31. The summed E-state index contributed by atoms with van der Waals surface area (Å²) >= 11 is 0. The molecular weight excluding hydrogens is 228 g/mol. The molecule has 0 amide bonds. The maximum absolute atomic E-state index is 11.9. The number of rotatable bonds is 5. The molecule has 96 valence electrons. The number of hydrogen-bond acceptors (Lipinski definition) is 3. The van der Waals surface area contributed by atoms with E-state index in [1.54, 1.807) is 12.1 Å². The van der Waals surface area contributed by atoms with Gasteiger partial charge in [0.05, 0.1) is 5.60 Å². The Morgan fingerprint density at radius 1 is 1.18 bits per heavy atom. The summed E-state index contributed by atoms with van der Waals surface area (Å²) in [5.41, 5.74) is 3.47. The van der Waals surface area contributed by atoms with Gasteiger partial charge >= 0.3 is 6.61 Å². The van der Waals surface area contributed by atoms with E-state index in [1.807, 2.05) is 20.8 Å². The molecule has 0 aromatic heterocycles. The summed E-state index contributed by atoms with van der Waals surface area (Å²) in [6.07, 6.45) is 0. The lowest BCUT2D eigenvalue weighted by Crippen LogP contribution is -2.28. The van der Waals surface area contributed by atoms with Crippen LogP contribution in [0.25, 0.3) is 0 Å². The summed E-state index contributed by atoms with van der Waals surface area (Å²) in [6, 6.07) is 6.41. The Balaban J connectivity index is 2.40. The lowest BCUT2D eigenvalue weighted by molar-refractivity contribution is -0.0758. The van der Waals surface area contributed by atoms with Crippen LogP contribution in [0.5, 0.6) is 5.75 Å². The molecular formula is C12H17F2NO2. The van der Waals surface area contributed by atoms with Crippen LogP contribution in [0.1, 0.15) is 26.3 Å². The summed E-state index contributed by atoms with van der Waals surface area (Å²) in [7, 11) is 0. The van der Waals surface area contributed by atoms with Crippen molar-refractivity contribution in [2.45, 2.75) is 39.5 Å². The van der Waals surface area contributed by atoms with Crippen molar-refractivity contribution in [1.29, 1.82) is 0 Å². The lowest BCUT2D eigenvalue weighted by atomic mass is 10.2. The van der Waals surface area contributed by atoms with Gasteiger partial charge < -0.3 is 4.74 Å². The monoisotopic (exact) mass is 245 g/mol. The van der Waals surface area contributed by atoms with Crippen molar-refractivity contribution in [3.05, 3.63) is 29.8 Å². The molecule has 0 fully saturated rings. The van der Waals surface area contributed by atoms with Gasteiger partial charge in [-0.25, -0.2) is 0 Å². The van der Waals surface area contributed by atoms with Gasteiger partial charge in [-0.05, 0) is 38.5 Å². The van der Waals surface area contributed by atoms with Crippen molar-refractivity contribution in [3.63, 3.8) is 0 Å². The molecule has 1 N–H and O–H groups in total. The molecule has 0 radical (unpaired) electrons. The second-order valence-corrected chi connectivity index (χ2v) is 4.56. The van der Waals surface area contributed by atoms with E-state index in [0.717, 1.165) is 5.56 Å². The quantitative estimate of drug-likeness (QED) is 0.808. The van der Waals surface area contributed by atoms with E-state index in [2.05, 4.69) is 10.2 Å². The summed E-state index contributed by atoms with van der Waals surface area (Å²) in [5, 5.41) is 0. The predicted molar refractivity (Wildman–Crippen MR) is 60.8 cm³/mol. The van der Waals surface area contributed by atoms with Gasteiger partial charge in [-0.1, -0.05) is 12.1 Å². The molecule has 0 saturated heterocycles. The van der Waals surface area contributed by atoms with Crippen LogP contribution in [0.2, 0.25) is 0 Å². The van der Waals surface area contributed by atoms with E-state index < -0.39 is 6.61 Å². The normalized spacial score (nSPS) is 11.9. The molecule has 1 rings (SSSR count). The third-order valence-corrected chi connectivity index (χ3v) is 1.80.